The van der Waals surface area contributed by atoms with Gasteiger partial charge in [-0.05, 0) is 61.7 Å². The van der Waals surface area contributed by atoms with E-state index in [9.17, 15) is 14.3 Å². The van der Waals surface area contributed by atoms with Gasteiger partial charge in [0.1, 0.15) is 11.9 Å². The van der Waals surface area contributed by atoms with Crippen molar-refractivity contribution in [1.29, 1.82) is 0 Å². The van der Waals surface area contributed by atoms with E-state index in [1.165, 1.54) is 12.1 Å². The summed E-state index contributed by atoms with van der Waals surface area (Å²) in [5, 5.41) is 9.77. The summed E-state index contributed by atoms with van der Waals surface area (Å²) in [7, 11) is 1.58. The Labute approximate surface area is 164 Å². The largest absolute Gasteiger partial charge is 0.493 e. The monoisotopic (exact) mass is 387 g/mol. The number of halogens is 1. The minimum atomic E-state index is -0.848. The van der Waals surface area contributed by atoms with E-state index in [2.05, 4.69) is 0 Å². The highest BCUT2D eigenvalue weighted by molar-refractivity contribution is 5.73. The van der Waals surface area contributed by atoms with E-state index in [1.54, 1.807) is 13.2 Å². The van der Waals surface area contributed by atoms with Crippen molar-refractivity contribution in [2.24, 2.45) is 0 Å². The van der Waals surface area contributed by atoms with Gasteiger partial charge in [0.2, 0.25) is 0 Å². The summed E-state index contributed by atoms with van der Waals surface area (Å²) in [5.74, 6) is 0.00869. The maximum atomic E-state index is 14.0. The summed E-state index contributed by atoms with van der Waals surface area (Å²) in [5.41, 5.74) is 1.57. The standard InChI is InChI=1S/C22H26FNO4/c1-3-28-20-14-16(10-11-19(20)27-2)21(15-7-6-8-17(23)13-15)24-12-5-4-9-18(24)22(25)26/h6-8,10-11,13-14,18,21H,3-5,9,12H2,1-2H3,(H,25,26). The Morgan fingerprint density at radius 3 is 2.68 bits per heavy atom. The molecule has 1 aliphatic rings. The molecule has 0 bridgehead atoms. The van der Waals surface area contributed by atoms with Gasteiger partial charge in [-0.1, -0.05) is 24.6 Å². The number of hydrogen-bond acceptors (Lipinski definition) is 4. The van der Waals surface area contributed by atoms with Gasteiger partial charge in [-0.25, -0.2) is 4.39 Å². The molecule has 0 aliphatic carbocycles. The fraction of sp³-hybridized carbons (Fsp3) is 0.409. The first-order chi connectivity index (χ1) is 13.5. The number of aliphatic carboxylic acids is 1. The SMILES string of the molecule is CCOc1cc(C(c2cccc(F)c2)N2CCCCC2C(=O)O)ccc1OC. The van der Waals surface area contributed by atoms with Crippen LogP contribution in [0.4, 0.5) is 4.39 Å². The van der Waals surface area contributed by atoms with E-state index in [4.69, 9.17) is 9.47 Å². The summed E-state index contributed by atoms with van der Waals surface area (Å²) in [6.07, 6.45) is 2.36. The van der Waals surface area contributed by atoms with Crippen molar-refractivity contribution >= 4 is 5.97 Å². The number of benzene rings is 2. The second-order valence-corrected chi connectivity index (χ2v) is 6.89. The molecule has 6 heteroatoms. The first kappa shape index (κ1) is 20.1. The van der Waals surface area contributed by atoms with E-state index in [-0.39, 0.29) is 11.9 Å². The number of methoxy groups -OCH3 is 1. The molecular weight excluding hydrogens is 361 g/mol. The Kier molecular flexibility index (Phi) is 6.52. The maximum Gasteiger partial charge on any atom is 0.320 e. The van der Waals surface area contributed by atoms with Crippen molar-refractivity contribution in [2.75, 3.05) is 20.3 Å². The Morgan fingerprint density at radius 2 is 2.00 bits per heavy atom. The van der Waals surface area contributed by atoms with Gasteiger partial charge in [-0.3, -0.25) is 9.69 Å². The summed E-state index contributed by atoms with van der Waals surface area (Å²) in [4.78, 5) is 13.9. The number of ether oxygens (including phenoxy) is 2. The molecule has 3 rings (SSSR count). The third kappa shape index (κ3) is 4.28. The lowest BCUT2D eigenvalue weighted by Crippen LogP contribution is -2.46. The van der Waals surface area contributed by atoms with Crippen molar-refractivity contribution in [3.63, 3.8) is 0 Å². The van der Waals surface area contributed by atoms with Gasteiger partial charge < -0.3 is 14.6 Å². The lowest BCUT2D eigenvalue weighted by Gasteiger charge is -2.39. The van der Waals surface area contributed by atoms with Gasteiger partial charge in [0.25, 0.3) is 0 Å². The van der Waals surface area contributed by atoms with E-state index >= 15 is 0 Å². The molecular formula is C22H26FNO4. The number of likely N-dealkylation sites (tertiary alicyclic amines) is 1. The predicted molar refractivity (Wildman–Crippen MR) is 104 cm³/mol. The number of carbonyl (C=O) groups is 1. The fourth-order valence-electron chi connectivity index (χ4n) is 3.91. The summed E-state index contributed by atoms with van der Waals surface area (Å²) >= 11 is 0. The number of piperidine rings is 1. The van der Waals surface area contributed by atoms with Gasteiger partial charge in [-0.15, -0.1) is 0 Å². The fourth-order valence-corrected chi connectivity index (χ4v) is 3.91. The zero-order chi connectivity index (χ0) is 20.1. The van der Waals surface area contributed by atoms with Gasteiger partial charge in [-0.2, -0.15) is 0 Å². The molecule has 0 amide bonds. The molecule has 0 spiro atoms. The van der Waals surface area contributed by atoms with E-state index in [0.717, 1.165) is 24.0 Å². The molecule has 5 nitrogen and oxygen atoms in total. The topological polar surface area (TPSA) is 59.0 Å². The average molecular weight is 387 g/mol. The molecule has 28 heavy (non-hydrogen) atoms. The molecule has 150 valence electrons. The van der Waals surface area contributed by atoms with Crippen LogP contribution < -0.4 is 9.47 Å². The molecule has 1 aliphatic heterocycles. The molecule has 1 heterocycles. The number of carboxylic acid groups (broad SMARTS) is 1. The minimum absolute atomic E-state index is 0.343. The second kappa shape index (κ2) is 9.06. The van der Waals surface area contributed by atoms with Crippen LogP contribution in [0.25, 0.3) is 0 Å². The van der Waals surface area contributed by atoms with Crippen molar-refractivity contribution < 1.29 is 23.8 Å². The van der Waals surface area contributed by atoms with Crippen LogP contribution in [-0.2, 0) is 4.79 Å². The van der Waals surface area contributed by atoms with Gasteiger partial charge in [0.05, 0.1) is 19.8 Å². The highest BCUT2D eigenvalue weighted by Crippen LogP contribution is 2.38. The number of rotatable bonds is 7. The lowest BCUT2D eigenvalue weighted by molar-refractivity contribution is -0.145. The lowest BCUT2D eigenvalue weighted by atomic mass is 9.91. The quantitative estimate of drug-likeness (QED) is 0.769. The smallest absolute Gasteiger partial charge is 0.320 e. The molecule has 2 atom stereocenters. The Morgan fingerprint density at radius 1 is 1.21 bits per heavy atom. The summed E-state index contributed by atoms with van der Waals surface area (Å²) in [6.45, 7) is 3.00. The van der Waals surface area contributed by atoms with Crippen LogP contribution in [0.15, 0.2) is 42.5 Å². The van der Waals surface area contributed by atoms with E-state index < -0.39 is 12.0 Å². The molecule has 1 N–H and O–H groups in total. The molecule has 2 aromatic carbocycles. The van der Waals surface area contributed by atoms with Crippen LogP contribution in [0, 0.1) is 5.82 Å². The molecule has 0 radical (unpaired) electrons. The van der Waals surface area contributed by atoms with Crippen molar-refractivity contribution in [3.05, 3.63) is 59.4 Å². The number of nitrogens with zero attached hydrogens (tertiary/aromatic N) is 1. The van der Waals surface area contributed by atoms with E-state index in [1.807, 2.05) is 36.1 Å². The van der Waals surface area contributed by atoms with Crippen molar-refractivity contribution in [3.8, 4) is 11.5 Å². The zero-order valence-corrected chi connectivity index (χ0v) is 16.2. The zero-order valence-electron chi connectivity index (χ0n) is 16.2. The van der Waals surface area contributed by atoms with Crippen molar-refractivity contribution in [2.45, 2.75) is 38.3 Å². The first-order valence-corrected chi connectivity index (χ1v) is 9.60. The van der Waals surface area contributed by atoms with Crippen LogP contribution in [0.3, 0.4) is 0 Å². The van der Waals surface area contributed by atoms with Crippen LogP contribution >= 0.6 is 0 Å². The van der Waals surface area contributed by atoms with Crippen molar-refractivity contribution in [1.82, 2.24) is 4.90 Å². The third-order valence-electron chi connectivity index (χ3n) is 5.13. The van der Waals surface area contributed by atoms with Crippen LogP contribution in [0.2, 0.25) is 0 Å². The maximum absolute atomic E-state index is 14.0. The van der Waals surface area contributed by atoms with E-state index in [0.29, 0.717) is 31.1 Å². The molecule has 1 saturated heterocycles. The summed E-state index contributed by atoms with van der Waals surface area (Å²) < 4.78 is 25.1. The average Bonchev–Trinajstić information content (AvgIpc) is 2.69. The third-order valence-corrected chi connectivity index (χ3v) is 5.13. The summed E-state index contributed by atoms with van der Waals surface area (Å²) in [6, 6.07) is 10.9. The normalized spacial score (nSPS) is 18.5. The van der Waals surface area contributed by atoms with Crippen LogP contribution in [0.1, 0.15) is 43.4 Å². The Balaban J connectivity index is 2.11. The minimum Gasteiger partial charge on any atom is -0.493 e. The molecule has 0 saturated carbocycles. The molecule has 2 aromatic rings. The second-order valence-electron chi connectivity index (χ2n) is 6.89. The number of hydrogen-bond donors (Lipinski definition) is 1. The van der Waals surface area contributed by atoms with Gasteiger partial charge in [0, 0.05) is 0 Å². The van der Waals surface area contributed by atoms with Crippen LogP contribution in [0.5, 0.6) is 11.5 Å². The molecule has 0 aromatic heterocycles. The number of carboxylic acids is 1. The van der Waals surface area contributed by atoms with Gasteiger partial charge >= 0.3 is 5.97 Å². The molecule has 2 unspecified atom stereocenters. The van der Waals surface area contributed by atoms with Crippen LogP contribution in [-0.4, -0.2) is 42.3 Å². The Bertz CT molecular complexity index is 826. The molecule has 1 fully saturated rings. The predicted octanol–water partition coefficient (Wildman–Crippen LogP) is 4.26. The highest BCUT2D eigenvalue weighted by atomic mass is 19.1. The Hall–Kier alpha value is -2.60. The first-order valence-electron chi connectivity index (χ1n) is 9.60. The van der Waals surface area contributed by atoms with Gasteiger partial charge in [0.15, 0.2) is 11.5 Å². The highest BCUT2D eigenvalue weighted by Gasteiger charge is 2.35.